The van der Waals surface area contributed by atoms with E-state index in [2.05, 4.69) is 10.6 Å². The molecule has 0 saturated carbocycles. The summed E-state index contributed by atoms with van der Waals surface area (Å²) in [5.74, 6) is 0.313. The van der Waals surface area contributed by atoms with Crippen molar-refractivity contribution in [3.8, 4) is 0 Å². The van der Waals surface area contributed by atoms with Crippen LogP contribution in [-0.4, -0.2) is 36.8 Å². The molecule has 1 aliphatic rings. The zero-order valence-corrected chi connectivity index (χ0v) is 11.8. The molecule has 1 aromatic rings. The molecule has 0 radical (unpaired) electrons. The van der Waals surface area contributed by atoms with E-state index in [4.69, 9.17) is 30.8 Å². The summed E-state index contributed by atoms with van der Waals surface area (Å²) in [6, 6.07) is 3.62. The van der Waals surface area contributed by atoms with Crippen LogP contribution in [0.1, 0.15) is 12.7 Å². The van der Waals surface area contributed by atoms with Crippen LogP contribution in [0.3, 0.4) is 0 Å². The van der Waals surface area contributed by atoms with Gasteiger partial charge in [-0.1, -0.05) is 0 Å². The van der Waals surface area contributed by atoms with Gasteiger partial charge in [-0.05, 0) is 24.4 Å². The highest BCUT2D eigenvalue weighted by atomic mass is 32.1. The van der Waals surface area contributed by atoms with Gasteiger partial charge in [0.1, 0.15) is 5.76 Å². The lowest BCUT2D eigenvalue weighted by molar-refractivity contribution is -0.244. The molecule has 0 aromatic carbocycles. The minimum absolute atomic E-state index is 0.356. The molecule has 7 nitrogen and oxygen atoms in total. The van der Waals surface area contributed by atoms with E-state index in [-0.39, 0.29) is 0 Å². The fourth-order valence-electron chi connectivity index (χ4n) is 1.64. The summed E-state index contributed by atoms with van der Waals surface area (Å²) in [7, 11) is 0. The molecule has 2 atom stereocenters. The first-order valence-corrected chi connectivity index (χ1v) is 6.53. The maximum atomic E-state index is 11.0. The van der Waals surface area contributed by atoms with E-state index < -0.39 is 18.5 Å². The molecule has 110 valence electrons. The zero-order valence-electron chi connectivity index (χ0n) is 11.0. The van der Waals surface area contributed by atoms with Crippen molar-refractivity contribution < 1.29 is 23.4 Å². The van der Waals surface area contributed by atoms with Crippen LogP contribution in [0.15, 0.2) is 22.8 Å². The van der Waals surface area contributed by atoms with Gasteiger partial charge in [-0.3, -0.25) is 4.79 Å². The number of nitrogens with one attached hydrogen (secondary N) is 2. The van der Waals surface area contributed by atoms with Crippen LogP contribution in [-0.2, 0) is 25.5 Å². The lowest BCUT2D eigenvalue weighted by Crippen LogP contribution is -2.53. The topological polar surface area (TPSA) is 82.0 Å². The molecular formula is C12H16N2O5S. The van der Waals surface area contributed by atoms with E-state index in [1.165, 1.54) is 6.92 Å². The van der Waals surface area contributed by atoms with E-state index in [9.17, 15) is 4.79 Å². The number of esters is 1. The molecule has 0 aliphatic carbocycles. The molecule has 0 bridgehead atoms. The molecule has 0 unspecified atom stereocenters. The van der Waals surface area contributed by atoms with Crippen LogP contribution in [0.4, 0.5) is 0 Å². The van der Waals surface area contributed by atoms with Gasteiger partial charge in [0.25, 0.3) is 0 Å². The van der Waals surface area contributed by atoms with Gasteiger partial charge >= 0.3 is 5.97 Å². The van der Waals surface area contributed by atoms with Crippen LogP contribution >= 0.6 is 12.2 Å². The third-order valence-electron chi connectivity index (χ3n) is 2.47. The first kappa shape index (κ1) is 14.8. The number of furan rings is 1. The number of hydrogen-bond acceptors (Lipinski definition) is 6. The van der Waals surface area contributed by atoms with Crippen LogP contribution in [0.2, 0.25) is 0 Å². The van der Waals surface area contributed by atoms with Gasteiger partial charge in [0, 0.05) is 6.92 Å². The van der Waals surface area contributed by atoms with E-state index in [1.54, 1.807) is 12.3 Å². The van der Waals surface area contributed by atoms with Gasteiger partial charge in [-0.15, -0.1) is 0 Å². The lowest BCUT2D eigenvalue weighted by Gasteiger charge is -2.31. The SMILES string of the molecule is CC(=O)O[C@H]1OCCO[C@@H]1NC(=S)NCc1ccco1. The number of rotatable bonds is 4. The maximum absolute atomic E-state index is 11.0. The van der Waals surface area contributed by atoms with Gasteiger partial charge < -0.3 is 29.3 Å². The lowest BCUT2D eigenvalue weighted by atomic mass is 10.4. The summed E-state index contributed by atoms with van der Waals surface area (Å²) < 4.78 is 20.9. The molecule has 0 spiro atoms. The first-order valence-electron chi connectivity index (χ1n) is 6.12. The van der Waals surface area contributed by atoms with Crippen LogP contribution in [0, 0.1) is 0 Å². The van der Waals surface area contributed by atoms with Gasteiger partial charge in [-0.25, -0.2) is 0 Å². The van der Waals surface area contributed by atoms with Crippen LogP contribution < -0.4 is 10.6 Å². The van der Waals surface area contributed by atoms with Crippen molar-refractivity contribution in [2.75, 3.05) is 13.2 Å². The van der Waals surface area contributed by atoms with Crippen molar-refractivity contribution >= 4 is 23.3 Å². The summed E-state index contributed by atoms with van der Waals surface area (Å²) in [5, 5.41) is 6.20. The minimum Gasteiger partial charge on any atom is -0.467 e. The maximum Gasteiger partial charge on any atom is 0.305 e. The van der Waals surface area contributed by atoms with Crippen molar-refractivity contribution in [3.63, 3.8) is 0 Å². The molecule has 1 saturated heterocycles. The first-order chi connectivity index (χ1) is 9.65. The van der Waals surface area contributed by atoms with Crippen LogP contribution in [0.25, 0.3) is 0 Å². The standard InChI is InChI=1S/C12H16N2O5S/c1-8(15)19-11-10(17-5-6-18-11)14-12(20)13-7-9-3-2-4-16-9/h2-4,10-11H,5-7H2,1H3,(H2,13,14,20)/t10-,11+/m0/s1. The van der Waals surface area contributed by atoms with E-state index in [0.29, 0.717) is 24.9 Å². The second-order valence-corrected chi connectivity index (χ2v) is 4.45. The molecule has 2 heterocycles. The Balaban J connectivity index is 1.80. The quantitative estimate of drug-likeness (QED) is 0.615. The number of carbonyl (C=O) groups excluding carboxylic acids is 1. The van der Waals surface area contributed by atoms with Crippen LogP contribution in [0.5, 0.6) is 0 Å². The Labute approximate surface area is 121 Å². The Bertz CT molecular complexity index is 451. The fourth-order valence-corrected chi connectivity index (χ4v) is 1.82. The molecule has 2 rings (SSSR count). The highest BCUT2D eigenvalue weighted by Crippen LogP contribution is 2.09. The average molecular weight is 300 g/mol. The van der Waals surface area contributed by atoms with Crippen molar-refractivity contribution in [2.45, 2.75) is 26.0 Å². The third kappa shape index (κ3) is 4.48. The molecule has 8 heteroatoms. The Hall–Kier alpha value is -1.64. The molecule has 20 heavy (non-hydrogen) atoms. The Kier molecular flexibility index (Phi) is 5.33. The normalized spacial score (nSPS) is 22.1. The van der Waals surface area contributed by atoms with Crippen molar-refractivity contribution in [1.29, 1.82) is 0 Å². The number of ether oxygens (including phenoxy) is 3. The highest BCUT2D eigenvalue weighted by Gasteiger charge is 2.30. The van der Waals surface area contributed by atoms with E-state index in [0.717, 1.165) is 5.76 Å². The van der Waals surface area contributed by atoms with E-state index >= 15 is 0 Å². The van der Waals surface area contributed by atoms with Crippen molar-refractivity contribution in [2.24, 2.45) is 0 Å². The molecule has 1 fully saturated rings. The predicted molar refractivity (Wildman–Crippen MR) is 72.5 cm³/mol. The van der Waals surface area contributed by atoms with Gasteiger partial charge in [-0.2, -0.15) is 0 Å². The Morgan fingerprint density at radius 3 is 3.00 bits per heavy atom. The molecule has 0 amide bonds. The number of hydrogen-bond donors (Lipinski definition) is 2. The number of carbonyl (C=O) groups is 1. The smallest absolute Gasteiger partial charge is 0.305 e. The van der Waals surface area contributed by atoms with Gasteiger partial charge in [0.05, 0.1) is 26.0 Å². The molecule has 1 aromatic heterocycles. The summed E-state index contributed by atoms with van der Waals surface area (Å²) in [6.45, 7) is 2.52. The summed E-state index contributed by atoms with van der Waals surface area (Å²) in [4.78, 5) is 11.0. The van der Waals surface area contributed by atoms with E-state index in [1.807, 2.05) is 6.07 Å². The highest BCUT2D eigenvalue weighted by molar-refractivity contribution is 7.80. The average Bonchev–Trinajstić information content (AvgIpc) is 2.91. The fraction of sp³-hybridized carbons (Fsp3) is 0.500. The van der Waals surface area contributed by atoms with Crippen molar-refractivity contribution in [1.82, 2.24) is 10.6 Å². The summed E-state index contributed by atoms with van der Waals surface area (Å²) >= 11 is 5.13. The summed E-state index contributed by atoms with van der Waals surface area (Å²) in [5.41, 5.74) is 0. The molecule has 2 N–H and O–H groups in total. The number of thiocarbonyl (C=S) groups is 1. The second kappa shape index (κ2) is 7.22. The zero-order chi connectivity index (χ0) is 14.4. The molecular weight excluding hydrogens is 284 g/mol. The minimum atomic E-state index is -0.815. The second-order valence-electron chi connectivity index (χ2n) is 4.05. The summed E-state index contributed by atoms with van der Waals surface area (Å²) in [6.07, 6.45) is 0.135. The Morgan fingerprint density at radius 1 is 1.50 bits per heavy atom. The van der Waals surface area contributed by atoms with Crippen molar-refractivity contribution in [3.05, 3.63) is 24.2 Å². The third-order valence-corrected chi connectivity index (χ3v) is 2.73. The molecule has 1 aliphatic heterocycles. The van der Waals surface area contributed by atoms with Gasteiger partial charge in [0.15, 0.2) is 11.3 Å². The largest absolute Gasteiger partial charge is 0.467 e. The Morgan fingerprint density at radius 2 is 2.30 bits per heavy atom. The van der Waals surface area contributed by atoms with Gasteiger partial charge in [0.2, 0.25) is 6.29 Å². The predicted octanol–water partition coefficient (Wildman–Crippen LogP) is 0.506. The monoisotopic (exact) mass is 300 g/mol.